The first-order valence-corrected chi connectivity index (χ1v) is 10.8. The van der Waals surface area contributed by atoms with Crippen LogP contribution in [0.5, 0.6) is 0 Å². The molecule has 3 rings (SSSR count). The van der Waals surface area contributed by atoms with Gasteiger partial charge in [0.05, 0.1) is 13.2 Å². The van der Waals surface area contributed by atoms with Gasteiger partial charge in [0.15, 0.2) is 5.96 Å². The smallest absolute Gasteiger partial charge is 0.251 e. The largest absolute Gasteiger partial charge is 0.370 e. The van der Waals surface area contributed by atoms with Crippen molar-refractivity contribution in [2.75, 3.05) is 26.7 Å². The zero-order chi connectivity index (χ0) is 22.4. The molecule has 0 spiro atoms. The topological polar surface area (TPSA) is 66.0 Å². The third kappa shape index (κ3) is 6.31. The lowest BCUT2D eigenvalue weighted by Gasteiger charge is -2.35. The molecule has 1 aliphatic rings. The van der Waals surface area contributed by atoms with Gasteiger partial charge in [-0.25, -0.2) is 0 Å². The highest BCUT2D eigenvalue weighted by Crippen LogP contribution is 2.25. The van der Waals surface area contributed by atoms with Crippen LogP contribution >= 0.6 is 0 Å². The first-order chi connectivity index (χ1) is 14.8. The number of nitrogens with zero attached hydrogens (tertiary/aromatic N) is 2. The van der Waals surface area contributed by atoms with Crippen LogP contribution in [0.3, 0.4) is 0 Å². The molecule has 0 aromatic heterocycles. The number of rotatable bonds is 4. The molecule has 1 fully saturated rings. The fourth-order valence-electron chi connectivity index (χ4n) is 3.73. The summed E-state index contributed by atoms with van der Waals surface area (Å²) in [5.41, 5.74) is 3.89. The van der Waals surface area contributed by atoms with Crippen molar-refractivity contribution in [3.8, 4) is 0 Å². The second-order valence-corrected chi connectivity index (χ2v) is 8.97. The second kappa shape index (κ2) is 9.96. The lowest BCUT2D eigenvalue weighted by Crippen LogP contribution is -2.48. The van der Waals surface area contributed by atoms with E-state index in [1.807, 2.05) is 45.0 Å². The van der Waals surface area contributed by atoms with Gasteiger partial charge in [-0.2, -0.15) is 0 Å². The summed E-state index contributed by atoms with van der Waals surface area (Å²) in [6.07, 6.45) is 0.0259. The Morgan fingerprint density at radius 3 is 2.68 bits per heavy atom. The molecular formula is C25H34N4O2. The van der Waals surface area contributed by atoms with E-state index in [1.54, 1.807) is 7.05 Å². The van der Waals surface area contributed by atoms with Crippen LogP contribution in [0.15, 0.2) is 53.5 Å². The summed E-state index contributed by atoms with van der Waals surface area (Å²) in [5.74, 6) is 0.777. The summed E-state index contributed by atoms with van der Waals surface area (Å²) in [4.78, 5) is 19.2. The van der Waals surface area contributed by atoms with Gasteiger partial charge in [-0.1, -0.05) is 36.4 Å². The van der Waals surface area contributed by atoms with Crippen molar-refractivity contribution in [3.63, 3.8) is 0 Å². The molecule has 2 aromatic rings. The Morgan fingerprint density at radius 2 is 1.97 bits per heavy atom. The lowest BCUT2D eigenvalue weighted by atomic mass is 10.0. The van der Waals surface area contributed by atoms with Gasteiger partial charge in [-0.3, -0.25) is 9.79 Å². The van der Waals surface area contributed by atoms with E-state index < -0.39 is 0 Å². The molecule has 1 heterocycles. The van der Waals surface area contributed by atoms with E-state index in [4.69, 9.17) is 4.74 Å². The van der Waals surface area contributed by atoms with E-state index in [2.05, 4.69) is 51.7 Å². The van der Waals surface area contributed by atoms with Crippen LogP contribution < -0.4 is 10.6 Å². The Balaban J connectivity index is 1.64. The minimum absolute atomic E-state index is 0.0259. The summed E-state index contributed by atoms with van der Waals surface area (Å²) in [6, 6.07) is 16.1. The summed E-state index contributed by atoms with van der Waals surface area (Å²) < 4.78 is 6.05. The SMILES string of the molecule is CN=C(NCc1cccc(C(=O)NC(C)(C)C)c1)N1CCOC(c2ccccc2C)C1. The molecule has 1 saturated heterocycles. The van der Waals surface area contributed by atoms with Gasteiger partial charge in [-0.05, 0) is 56.5 Å². The number of benzene rings is 2. The zero-order valence-electron chi connectivity index (χ0n) is 19.2. The van der Waals surface area contributed by atoms with E-state index in [-0.39, 0.29) is 17.6 Å². The lowest BCUT2D eigenvalue weighted by molar-refractivity contribution is -0.00834. The van der Waals surface area contributed by atoms with Crippen LogP contribution in [0.1, 0.15) is 53.9 Å². The van der Waals surface area contributed by atoms with Crippen molar-refractivity contribution in [2.24, 2.45) is 4.99 Å². The van der Waals surface area contributed by atoms with Gasteiger partial charge in [0.25, 0.3) is 5.91 Å². The van der Waals surface area contributed by atoms with Crippen molar-refractivity contribution in [2.45, 2.75) is 45.9 Å². The monoisotopic (exact) mass is 422 g/mol. The average Bonchev–Trinajstić information content (AvgIpc) is 2.74. The highest BCUT2D eigenvalue weighted by atomic mass is 16.5. The quantitative estimate of drug-likeness (QED) is 0.583. The molecule has 1 amide bonds. The highest BCUT2D eigenvalue weighted by Gasteiger charge is 2.25. The molecule has 6 nitrogen and oxygen atoms in total. The van der Waals surface area contributed by atoms with Gasteiger partial charge < -0.3 is 20.3 Å². The van der Waals surface area contributed by atoms with Crippen LogP contribution in [-0.2, 0) is 11.3 Å². The number of aliphatic imine (C=N–C) groups is 1. The van der Waals surface area contributed by atoms with Crippen molar-refractivity contribution in [1.29, 1.82) is 0 Å². The molecular weight excluding hydrogens is 388 g/mol. The van der Waals surface area contributed by atoms with Crippen LogP contribution in [0.25, 0.3) is 0 Å². The van der Waals surface area contributed by atoms with Gasteiger partial charge >= 0.3 is 0 Å². The average molecular weight is 423 g/mol. The zero-order valence-corrected chi connectivity index (χ0v) is 19.2. The maximum Gasteiger partial charge on any atom is 0.251 e. The highest BCUT2D eigenvalue weighted by molar-refractivity contribution is 5.94. The van der Waals surface area contributed by atoms with E-state index in [9.17, 15) is 4.79 Å². The summed E-state index contributed by atoms with van der Waals surface area (Å²) in [5, 5.41) is 6.46. The first-order valence-electron chi connectivity index (χ1n) is 10.8. The number of amides is 1. The number of nitrogens with one attached hydrogen (secondary N) is 2. The molecule has 1 unspecified atom stereocenters. The summed E-state index contributed by atoms with van der Waals surface area (Å²) in [6.45, 7) is 10.8. The molecule has 31 heavy (non-hydrogen) atoms. The second-order valence-electron chi connectivity index (χ2n) is 8.97. The molecule has 6 heteroatoms. The van der Waals surface area contributed by atoms with Gasteiger partial charge in [0.2, 0.25) is 0 Å². The number of aryl methyl sites for hydroxylation is 1. The van der Waals surface area contributed by atoms with E-state index in [0.29, 0.717) is 18.7 Å². The van der Waals surface area contributed by atoms with Crippen LogP contribution in [-0.4, -0.2) is 49.0 Å². The molecule has 166 valence electrons. The normalized spacial score (nSPS) is 17.4. The Morgan fingerprint density at radius 1 is 1.19 bits per heavy atom. The fraction of sp³-hybridized carbons (Fsp3) is 0.440. The van der Waals surface area contributed by atoms with E-state index in [1.165, 1.54) is 11.1 Å². The van der Waals surface area contributed by atoms with Crippen LogP contribution in [0, 0.1) is 6.92 Å². The van der Waals surface area contributed by atoms with Crippen molar-refractivity contribution >= 4 is 11.9 Å². The van der Waals surface area contributed by atoms with Crippen LogP contribution in [0.4, 0.5) is 0 Å². The maximum atomic E-state index is 12.5. The maximum absolute atomic E-state index is 12.5. The minimum atomic E-state index is -0.267. The van der Waals surface area contributed by atoms with Crippen molar-refractivity contribution in [1.82, 2.24) is 15.5 Å². The molecule has 1 aliphatic heterocycles. The Hall–Kier alpha value is -2.86. The number of hydrogen-bond donors (Lipinski definition) is 2. The van der Waals surface area contributed by atoms with Gasteiger partial charge in [-0.15, -0.1) is 0 Å². The number of hydrogen-bond acceptors (Lipinski definition) is 3. The van der Waals surface area contributed by atoms with Crippen molar-refractivity contribution < 1.29 is 9.53 Å². The first kappa shape index (κ1) is 22.8. The van der Waals surface area contributed by atoms with E-state index >= 15 is 0 Å². The summed E-state index contributed by atoms with van der Waals surface area (Å²) in [7, 11) is 1.80. The number of carbonyl (C=O) groups is 1. The predicted molar refractivity (Wildman–Crippen MR) is 125 cm³/mol. The van der Waals surface area contributed by atoms with Gasteiger partial charge in [0.1, 0.15) is 6.10 Å². The van der Waals surface area contributed by atoms with E-state index in [0.717, 1.165) is 24.6 Å². The molecule has 0 radical (unpaired) electrons. The number of ether oxygens (including phenoxy) is 1. The summed E-state index contributed by atoms with van der Waals surface area (Å²) >= 11 is 0. The fourth-order valence-corrected chi connectivity index (χ4v) is 3.73. The Labute approximate surface area is 185 Å². The number of guanidine groups is 1. The number of morpholine rings is 1. The van der Waals surface area contributed by atoms with Crippen LogP contribution in [0.2, 0.25) is 0 Å². The standard InChI is InChI=1S/C25H34N4O2/c1-18-9-6-7-12-21(18)22-17-29(13-14-31-22)24(26-5)27-16-19-10-8-11-20(15-19)23(30)28-25(2,3)4/h6-12,15,22H,13-14,16-17H2,1-5H3,(H,26,27)(H,28,30). The third-order valence-corrected chi connectivity index (χ3v) is 5.24. The van der Waals surface area contributed by atoms with Gasteiger partial charge in [0, 0.05) is 31.2 Å². The third-order valence-electron chi connectivity index (χ3n) is 5.24. The Bertz CT molecular complexity index is 933. The minimum Gasteiger partial charge on any atom is -0.370 e. The Kier molecular flexibility index (Phi) is 7.33. The predicted octanol–water partition coefficient (Wildman–Crippen LogP) is 3.67. The molecule has 1 atom stereocenters. The molecule has 0 bridgehead atoms. The molecule has 0 aliphatic carbocycles. The number of carbonyl (C=O) groups excluding carboxylic acids is 1. The van der Waals surface area contributed by atoms with Crippen molar-refractivity contribution in [3.05, 3.63) is 70.8 Å². The molecule has 0 saturated carbocycles. The molecule has 2 aromatic carbocycles. The molecule has 2 N–H and O–H groups in total.